The van der Waals surface area contributed by atoms with Crippen molar-refractivity contribution >= 4 is 20.9 Å². The van der Waals surface area contributed by atoms with Gasteiger partial charge in [-0.3, -0.25) is 0 Å². The first-order chi connectivity index (χ1) is 13.7. The van der Waals surface area contributed by atoms with E-state index in [9.17, 15) is 21.6 Å². The van der Waals surface area contributed by atoms with Gasteiger partial charge >= 0.3 is 6.18 Å². The van der Waals surface area contributed by atoms with Gasteiger partial charge in [-0.15, -0.1) is 0 Å². The molecule has 4 rings (SSSR count). The zero-order chi connectivity index (χ0) is 20.8. The Balaban J connectivity index is 1.58. The number of para-hydroxylation sites is 1. The molecule has 1 aliphatic heterocycles. The molecule has 3 aromatic rings. The van der Waals surface area contributed by atoms with E-state index < -0.39 is 26.7 Å². The van der Waals surface area contributed by atoms with Crippen molar-refractivity contribution in [3.05, 3.63) is 65.4 Å². The van der Waals surface area contributed by atoms with Gasteiger partial charge in [0.25, 0.3) is 0 Å². The summed E-state index contributed by atoms with van der Waals surface area (Å²) in [7, 11) is -4.21. The molecule has 1 aromatic heterocycles. The number of alkyl halides is 3. The maximum Gasteiger partial charge on any atom is 0.417 e. The first-order valence-corrected chi connectivity index (χ1v) is 10.9. The standard InChI is InChI=1S/C21H21F3N2O2S/c1-14-5-4-6-16-17(13-25-20(14)16)15-9-11-26(12-10-15)29(27,28)19-8-3-2-7-18(19)21(22,23)24/h2-8,13,15,25H,9-12H2,1H3. The zero-order valence-corrected chi connectivity index (χ0v) is 16.6. The van der Waals surface area contributed by atoms with E-state index in [-0.39, 0.29) is 19.0 Å². The largest absolute Gasteiger partial charge is 0.417 e. The van der Waals surface area contributed by atoms with Crippen LogP contribution in [0.15, 0.2) is 53.6 Å². The van der Waals surface area contributed by atoms with Crippen molar-refractivity contribution in [2.45, 2.75) is 36.8 Å². The molecular weight excluding hydrogens is 401 g/mol. The van der Waals surface area contributed by atoms with Crippen LogP contribution in [0.1, 0.15) is 35.4 Å². The van der Waals surface area contributed by atoms with E-state index in [1.807, 2.05) is 31.3 Å². The Morgan fingerprint density at radius 2 is 1.72 bits per heavy atom. The van der Waals surface area contributed by atoms with Crippen LogP contribution in [0.4, 0.5) is 13.2 Å². The van der Waals surface area contributed by atoms with Crippen molar-refractivity contribution in [2.24, 2.45) is 0 Å². The number of aryl methyl sites for hydroxylation is 1. The van der Waals surface area contributed by atoms with E-state index in [2.05, 4.69) is 4.98 Å². The maximum atomic E-state index is 13.3. The molecule has 1 aliphatic rings. The molecule has 154 valence electrons. The molecule has 0 aliphatic carbocycles. The lowest BCUT2D eigenvalue weighted by molar-refractivity contribution is -0.139. The van der Waals surface area contributed by atoms with Gasteiger partial charge in [0.15, 0.2) is 0 Å². The maximum absolute atomic E-state index is 13.3. The van der Waals surface area contributed by atoms with Crippen LogP contribution < -0.4 is 0 Å². The number of H-pyrrole nitrogens is 1. The lowest BCUT2D eigenvalue weighted by Gasteiger charge is -2.31. The third-order valence-electron chi connectivity index (χ3n) is 5.66. The lowest BCUT2D eigenvalue weighted by Crippen LogP contribution is -2.38. The van der Waals surface area contributed by atoms with Crippen LogP contribution in [0.25, 0.3) is 10.9 Å². The Labute approximate surface area is 167 Å². The summed E-state index contributed by atoms with van der Waals surface area (Å²) in [6, 6.07) is 10.4. The topological polar surface area (TPSA) is 53.2 Å². The summed E-state index contributed by atoms with van der Waals surface area (Å²) in [5.41, 5.74) is 2.22. The van der Waals surface area contributed by atoms with Gasteiger partial charge in [-0.1, -0.05) is 30.3 Å². The van der Waals surface area contributed by atoms with Crippen molar-refractivity contribution in [1.82, 2.24) is 9.29 Å². The van der Waals surface area contributed by atoms with Gasteiger partial charge in [-0.2, -0.15) is 17.5 Å². The Morgan fingerprint density at radius 1 is 1.03 bits per heavy atom. The second-order valence-corrected chi connectivity index (χ2v) is 9.32. The number of hydrogen-bond acceptors (Lipinski definition) is 2. The van der Waals surface area contributed by atoms with Crippen LogP contribution in [0.2, 0.25) is 0 Å². The quantitative estimate of drug-likeness (QED) is 0.641. The molecule has 8 heteroatoms. The Morgan fingerprint density at radius 3 is 2.41 bits per heavy atom. The van der Waals surface area contributed by atoms with Crippen LogP contribution in [-0.4, -0.2) is 30.8 Å². The molecule has 4 nitrogen and oxygen atoms in total. The molecule has 29 heavy (non-hydrogen) atoms. The highest BCUT2D eigenvalue weighted by Gasteiger charge is 2.39. The minimum Gasteiger partial charge on any atom is -0.361 e. The third kappa shape index (κ3) is 3.55. The summed E-state index contributed by atoms with van der Waals surface area (Å²) in [6.07, 6.45) is -1.63. The van der Waals surface area contributed by atoms with E-state index in [0.717, 1.165) is 34.2 Å². The Kier molecular flexibility index (Phi) is 4.94. The SMILES string of the molecule is Cc1cccc2c(C3CCN(S(=O)(=O)c4ccccc4C(F)(F)F)CC3)c[nH]c12. The smallest absolute Gasteiger partial charge is 0.361 e. The average Bonchev–Trinajstić information content (AvgIpc) is 3.13. The summed E-state index contributed by atoms with van der Waals surface area (Å²) in [5.74, 6) is 0.162. The van der Waals surface area contributed by atoms with Crippen molar-refractivity contribution < 1.29 is 21.6 Å². The number of hydrogen-bond donors (Lipinski definition) is 1. The average molecular weight is 422 g/mol. The van der Waals surface area contributed by atoms with E-state index in [0.29, 0.717) is 12.8 Å². The molecule has 0 spiro atoms. The number of nitrogens with one attached hydrogen (secondary N) is 1. The van der Waals surface area contributed by atoms with Gasteiger partial charge in [-0.05, 0) is 48.9 Å². The summed E-state index contributed by atoms with van der Waals surface area (Å²) in [5, 5.41) is 1.12. The van der Waals surface area contributed by atoms with Gasteiger partial charge < -0.3 is 4.98 Å². The van der Waals surface area contributed by atoms with Gasteiger partial charge in [0.2, 0.25) is 10.0 Å². The summed E-state index contributed by atoms with van der Waals surface area (Å²) >= 11 is 0. The van der Waals surface area contributed by atoms with Gasteiger partial charge in [0.1, 0.15) is 0 Å². The second kappa shape index (κ2) is 7.18. The summed E-state index contributed by atoms with van der Waals surface area (Å²) < 4.78 is 66.9. The zero-order valence-electron chi connectivity index (χ0n) is 15.8. The van der Waals surface area contributed by atoms with E-state index in [4.69, 9.17) is 0 Å². The molecule has 0 unspecified atom stereocenters. The van der Waals surface area contributed by atoms with E-state index >= 15 is 0 Å². The predicted octanol–water partition coefficient (Wildman–Crippen LogP) is 5.06. The molecular formula is C21H21F3N2O2S. The number of nitrogens with zero attached hydrogens (tertiary/aromatic N) is 1. The van der Waals surface area contributed by atoms with Crippen molar-refractivity contribution in [1.29, 1.82) is 0 Å². The molecule has 2 aromatic carbocycles. The summed E-state index contributed by atoms with van der Waals surface area (Å²) in [4.78, 5) is 2.62. The number of piperidine rings is 1. The lowest BCUT2D eigenvalue weighted by atomic mass is 9.90. The minimum absolute atomic E-state index is 0.162. The van der Waals surface area contributed by atoms with Gasteiger partial charge in [0, 0.05) is 30.2 Å². The number of rotatable bonds is 3. The fourth-order valence-electron chi connectivity index (χ4n) is 4.14. The van der Waals surface area contributed by atoms with Crippen LogP contribution in [-0.2, 0) is 16.2 Å². The number of benzene rings is 2. The molecule has 1 N–H and O–H groups in total. The molecule has 0 amide bonds. The first kappa shape index (κ1) is 20.0. The molecule has 1 fully saturated rings. The number of halogens is 3. The number of aromatic nitrogens is 1. The monoisotopic (exact) mass is 422 g/mol. The van der Waals surface area contributed by atoms with E-state index in [1.165, 1.54) is 16.4 Å². The molecule has 0 radical (unpaired) electrons. The molecule has 0 atom stereocenters. The Bertz CT molecular complexity index is 1140. The highest BCUT2D eigenvalue weighted by molar-refractivity contribution is 7.89. The second-order valence-electron chi connectivity index (χ2n) is 7.41. The molecule has 2 heterocycles. The molecule has 1 saturated heterocycles. The fourth-order valence-corrected chi connectivity index (χ4v) is 5.82. The van der Waals surface area contributed by atoms with Gasteiger partial charge in [-0.25, -0.2) is 8.42 Å². The predicted molar refractivity (Wildman–Crippen MR) is 105 cm³/mol. The highest BCUT2D eigenvalue weighted by atomic mass is 32.2. The van der Waals surface area contributed by atoms with Crippen LogP contribution in [0.5, 0.6) is 0 Å². The van der Waals surface area contributed by atoms with Crippen LogP contribution in [0.3, 0.4) is 0 Å². The highest BCUT2D eigenvalue weighted by Crippen LogP contribution is 2.38. The number of aromatic amines is 1. The number of sulfonamides is 1. The van der Waals surface area contributed by atoms with Crippen molar-refractivity contribution in [2.75, 3.05) is 13.1 Å². The number of fused-ring (bicyclic) bond motifs is 1. The van der Waals surface area contributed by atoms with Crippen molar-refractivity contribution in [3.8, 4) is 0 Å². The van der Waals surface area contributed by atoms with E-state index in [1.54, 1.807) is 0 Å². The van der Waals surface area contributed by atoms with Crippen LogP contribution in [0, 0.1) is 6.92 Å². The molecule has 0 bridgehead atoms. The van der Waals surface area contributed by atoms with Crippen LogP contribution >= 0.6 is 0 Å². The Hall–Kier alpha value is -2.32. The minimum atomic E-state index is -4.72. The third-order valence-corrected chi connectivity index (χ3v) is 7.62. The van der Waals surface area contributed by atoms with Crippen molar-refractivity contribution in [3.63, 3.8) is 0 Å². The summed E-state index contributed by atoms with van der Waals surface area (Å²) in [6.45, 7) is 2.41. The molecule has 0 saturated carbocycles. The first-order valence-electron chi connectivity index (χ1n) is 9.42. The normalized spacial score (nSPS) is 17.1. The van der Waals surface area contributed by atoms with Gasteiger partial charge in [0.05, 0.1) is 10.5 Å². The fraction of sp³-hybridized carbons (Fsp3) is 0.333.